The molecule has 1 atom stereocenters. The zero-order valence-corrected chi connectivity index (χ0v) is 11.4. The fraction of sp³-hybridized carbons (Fsp3) is 0.867. The van der Waals surface area contributed by atoms with Crippen molar-refractivity contribution in [1.29, 1.82) is 0 Å². The first-order chi connectivity index (χ1) is 8.30. The lowest BCUT2D eigenvalue weighted by Crippen LogP contribution is -2.38. The van der Waals surface area contributed by atoms with Gasteiger partial charge in [-0.3, -0.25) is 0 Å². The van der Waals surface area contributed by atoms with Gasteiger partial charge in [0.2, 0.25) is 0 Å². The van der Waals surface area contributed by atoms with Crippen LogP contribution in [0.25, 0.3) is 0 Å². The summed E-state index contributed by atoms with van der Waals surface area (Å²) >= 11 is 0. The molecule has 0 aliphatic heterocycles. The van der Waals surface area contributed by atoms with Crippen molar-refractivity contribution in [3.63, 3.8) is 0 Å². The fourth-order valence-corrected chi connectivity index (χ4v) is 2.68. The molecule has 1 fully saturated rings. The Bertz CT molecular complexity index is 228. The Balaban J connectivity index is 2.14. The molecule has 0 aromatic heterocycles. The van der Waals surface area contributed by atoms with E-state index >= 15 is 0 Å². The molecule has 0 aromatic carbocycles. The molecule has 1 aliphatic rings. The molecule has 0 radical (unpaired) electrons. The molecule has 0 spiro atoms. The number of hydrogen-bond acceptors (Lipinski definition) is 2. The molecule has 1 N–H and O–H groups in total. The fourth-order valence-electron chi connectivity index (χ4n) is 2.68. The van der Waals surface area contributed by atoms with Gasteiger partial charge >= 0.3 is 0 Å². The van der Waals surface area contributed by atoms with Gasteiger partial charge in [-0.1, -0.05) is 6.92 Å². The van der Waals surface area contributed by atoms with Crippen LogP contribution in [-0.2, 0) is 4.74 Å². The molecule has 2 nitrogen and oxygen atoms in total. The minimum absolute atomic E-state index is 0.540. The van der Waals surface area contributed by atoms with Crippen LogP contribution in [-0.4, -0.2) is 25.3 Å². The van der Waals surface area contributed by atoms with Gasteiger partial charge in [0.1, 0.15) is 0 Å². The quantitative estimate of drug-likeness (QED) is 0.492. The molecule has 98 valence electrons. The smallest absolute Gasteiger partial charge is 0.0580 e. The Hall–Kier alpha value is -0.520. The zero-order valence-electron chi connectivity index (χ0n) is 11.4. The SMILES string of the molecule is C#CCCCC(CC1CC(OCC)C1)NCC. The number of ether oxygens (including phenoxy) is 1. The van der Waals surface area contributed by atoms with Gasteiger partial charge in [-0.2, -0.15) is 0 Å². The summed E-state index contributed by atoms with van der Waals surface area (Å²) in [7, 11) is 0. The highest BCUT2D eigenvalue weighted by Gasteiger charge is 2.30. The molecule has 1 saturated carbocycles. The van der Waals surface area contributed by atoms with E-state index in [1.807, 2.05) is 0 Å². The maximum atomic E-state index is 5.60. The Morgan fingerprint density at radius 1 is 1.41 bits per heavy atom. The van der Waals surface area contributed by atoms with Crippen LogP contribution in [0.5, 0.6) is 0 Å². The summed E-state index contributed by atoms with van der Waals surface area (Å²) in [5.74, 6) is 3.58. The highest BCUT2D eigenvalue weighted by molar-refractivity contribution is 4.86. The summed E-state index contributed by atoms with van der Waals surface area (Å²) in [5, 5.41) is 3.58. The summed E-state index contributed by atoms with van der Waals surface area (Å²) in [4.78, 5) is 0. The summed E-state index contributed by atoms with van der Waals surface area (Å²) in [5.41, 5.74) is 0. The van der Waals surface area contributed by atoms with E-state index in [1.165, 1.54) is 25.7 Å². The first-order valence-electron chi connectivity index (χ1n) is 7.08. The monoisotopic (exact) mass is 237 g/mol. The van der Waals surface area contributed by atoms with Gasteiger partial charge in [0.05, 0.1) is 6.10 Å². The third kappa shape index (κ3) is 5.57. The largest absolute Gasteiger partial charge is 0.378 e. The molecule has 1 unspecified atom stereocenters. The van der Waals surface area contributed by atoms with E-state index in [9.17, 15) is 0 Å². The molecule has 0 heterocycles. The van der Waals surface area contributed by atoms with Gasteiger partial charge in [-0.15, -0.1) is 12.3 Å². The number of hydrogen-bond donors (Lipinski definition) is 1. The second-order valence-electron chi connectivity index (χ2n) is 5.00. The molecular weight excluding hydrogens is 210 g/mol. The second kappa shape index (κ2) is 8.55. The third-order valence-corrected chi connectivity index (χ3v) is 3.58. The molecule has 1 rings (SSSR count). The van der Waals surface area contributed by atoms with Gasteiger partial charge in [-0.05, 0) is 51.5 Å². The molecule has 17 heavy (non-hydrogen) atoms. The van der Waals surface area contributed by atoms with E-state index in [0.717, 1.165) is 31.9 Å². The van der Waals surface area contributed by atoms with Crippen LogP contribution in [0.2, 0.25) is 0 Å². The van der Waals surface area contributed by atoms with Crippen LogP contribution < -0.4 is 5.32 Å². The number of nitrogens with one attached hydrogen (secondary N) is 1. The Morgan fingerprint density at radius 3 is 2.76 bits per heavy atom. The van der Waals surface area contributed by atoms with Crippen LogP contribution in [0.4, 0.5) is 0 Å². The Morgan fingerprint density at radius 2 is 2.18 bits per heavy atom. The number of terminal acetylenes is 1. The van der Waals surface area contributed by atoms with Crippen LogP contribution in [0.15, 0.2) is 0 Å². The standard InChI is InChI=1S/C15H27NO/c1-4-7-8-9-14(16-5-2)10-13-11-15(12-13)17-6-3/h1,13-16H,5-12H2,2-3H3. The molecule has 1 aliphatic carbocycles. The lowest BCUT2D eigenvalue weighted by molar-refractivity contribution is -0.0292. The average molecular weight is 237 g/mol. The molecule has 0 saturated heterocycles. The van der Waals surface area contributed by atoms with E-state index in [1.54, 1.807) is 0 Å². The predicted octanol–water partition coefficient (Wildman–Crippen LogP) is 2.97. The van der Waals surface area contributed by atoms with Crippen molar-refractivity contribution < 1.29 is 4.74 Å². The molecule has 0 amide bonds. The van der Waals surface area contributed by atoms with Crippen molar-refractivity contribution >= 4 is 0 Å². The highest BCUT2D eigenvalue weighted by atomic mass is 16.5. The van der Waals surface area contributed by atoms with E-state index in [0.29, 0.717) is 12.1 Å². The van der Waals surface area contributed by atoms with Gasteiger partial charge < -0.3 is 10.1 Å². The van der Waals surface area contributed by atoms with Crippen LogP contribution in [0.1, 0.15) is 52.4 Å². The normalized spacial score (nSPS) is 25.0. The van der Waals surface area contributed by atoms with Gasteiger partial charge in [0.15, 0.2) is 0 Å². The first kappa shape index (κ1) is 14.5. The van der Waals surface area contributed by atoms with Crippen LogP contribution >= 0.6 is 0 Å². The maximum Gasteiger partial charge on any atom is 0.0580 e. The van der Waals surface area contributed by atoms with Crippen molar-refractivity contribution in [1.82, 2.24) is 5.32 Å². The van der Waals surface area contributed by atoms with Crippen molar-refractivity contribution in [2.75, 3.05) is 13.2 Å². The van der Waals surface area contributed by atoms with E-state index < -0.39 is 0 Å². The van der Waals surface area contributed by atoms with E-state index in [2.05, 4.69) is 25.1 Å². The summed E-state index contributed by atoms with van der Waals surface area (Å²) < 4.78 is 5.60. The maximum absolute atomic E-state index is 5.60. The minimum atomic E-state index is 0.540. The average Bonchev–Trinajstić information content (AvgIpc) is 2.26. The first-order valence-corrected chi connectivity index (χ1v) is 7.08. The molecular formula is C15H27NO. The number of unbranched alkanes of at least 4 members (excludes halogenated alkanes) is 1. The van der Waals surface area contributed by atoms with E-state index in [-0.39, 0.29) is 0 Å². The minimum Gasteiger partial charge on any atom is -0.378 e. The second-order valence-corrected chi connectivity index (χ2v) is 5.00. The van der Waals surface area contributed by atoms with Crippen LogP contribution in [0, 0.1) is 18.3 Å². The molecule has 2 heteroatoms. The van der Waals surface area contributed by atoms with Crippen LogP contribution in [0.3, 0.4) is 0 Å². The highest BCUT2D eigenvalue weighted by Crippen LogP contribution is 2.34. The third-order valence-electron chi connectivity index (χ3n) is 3.58. The summed E-state index contributed by atoms with van der Waals surface area (Å²) in [6, 6.07) is 0.654. The van der Waals surface area contributed by atoms with Crippen molar-refractivity contribution in [3.05, 3.63) is 0 Å². The lowest BCUT2D eigenvalue weighted by Gasteiger charge is -2.37. The lowest BCUT2D eigenvalue weighted by atomic mass is 9.77. The van der Waals surface area contributed by atoms with E-state index in [4.69, 9.17) is 11.2 Å². The van der Waals surface area contributed by atoms with Gasteiger partial charge in [0, 0.05) is 19.1 Å². The number of rotatable bonds is 9. The Kier molecular flexibility index (Phi) is 7.32. The van der Waals surface area contributed by atoms with Gasteiger partial charge in [0.25, 0.3) is 0 Å². The predicted molar refractivity (Wildman–Crippen MR) is 72.9 cm³/mol. The van der Waals surface area contributed by atoms with Gasteiger partial charge in [-0.25, -0.2) is 0 Å². The summed E-state index contributed by atoms with van der Waals surface area (Å²) in [6.45, 7) is 6.17. The van der Waals surface area contributed by atoms with Crippen molar-refractivity contribution in [2.45, 2.75) is 64.5 Å². The summed E-state index contributed by atoms with van der Waals surface area (Å²) in [6.07, 6.45) is 12.9. The molecule has 0 bridgehead atoms. The van der Waals surface area contributed by atoms with Crippen molar-refractivity contribution in [3.8, 4) is 12.3 Å². The zero-order chi connectivity index (χ0) is 12.5. The molecule has 0 aromatic rings. The Labute approximate surface area is 107 Å². The van der Waals surface area contributed by atoms with Crippen molar-refractivity contribution in [2.24, 2.45) is 5.92 Å². The topological polar surface area (TPSA) is 21.3 Å².